The molecule has 2 heterocycles. The maximum Gasteiger partial charge on any atom is 0.346 e. The van der Waals surface area contributed by atoms with Crippen LogP contribution in [0.3, 0.4) is 0 Å². The van der Waals surface area contributed by atoms with E-state index in [4.69, 9.17) is 9.47 Å². The summed E-state index contributed by atoms with van der Waals surface area (Å²) in [6.45, 7) is 7.91. The van der Waals surface area contributed by atoms with Crippen molar-refractivity contribution < 1.29 is 14.3 Å². The van der Waals surface area contributed by atoms with Gasteiger partial charge >= 0.3 is 6.03 Å². The Morgan fingerprint density at radius 1 is 0.941 bits per heavy atom. The molecule has 0 bridgehead atoms. The molecule has 0 aliphatic carbocycles. The predicted molar refractivity (Wildman–Crippen MR) is 133 cm³/mol. The molecular formula is C28H27N3O3. The summed E-state index contributed by atoms with van der Waals surface area (Å²) in [5.41, 5.74) is 5.18. The fraction of sp³-hybridized carbons (Fsp3) is 0.214. The van der Waals surface area contributed by atoms with Crippen LogP contribution in [-0.4, -0.2) is 21.6 Å². The molecule has 6 heteroatoms. The highest BCUT2D eigenvalue weighted by Crippen LogP contribution is 2.46. The molecule has 0 radical (unpaired) electrons. The maximum atomic E-state index is 13.3. The Morgan fingerprint density at radius 3 is 2.24 bits per heavy atom. The third-order valence-corrected chi connectivity index (χ3v) is 5.71. The van der Waals surface area contributed by atoms with Crippen molar-refractivity contribution >= 4 is 11.7 Å². The summed E-state index contributed by atoms with van der Waals surface area (Å²) < 4.78 is 13.3. The van der Waals surface area contributed by atoms with Crippen molar-refractivity contribution in [3.8, 4) is 33.9 Å². The van der Waals surface area contributed by atoms with Crippen LogP contribution in [0.25, 0.3) is 22.4 Å². The molecule has 0 saturated heterocycles. The summed E-state index contributed by atoms with van der Waals surface area (Å²) in [6.07, 6.45) is 1.77. The molecule has 0 unspecified atom stereocenters. The first-order valence-corrected chi connectivity index (χ1v) is 11.4. The van der Waals surface area contributed by atoms with Gasteiger partial charge in [0.1, 0.15) is 5.69 Å². The van der Waals surface area contributed by atoms with Crippen LogP contribution in [0.4, 0.5) is 10.5 Å². The molecular weight excluding hydrogens is 426 g/mol. The number of nitrogens with one attached hydrogen (secondary N) is 1. The number of anilines is 1. The molecule has 0 atom stereocenters. The molecule has 1 aliphatic rings. The van der Waals surface area contributed by atoms with Crippen molar-refractivity contribution in [3.63, 3.8) is 0 Å². The molecule has 1 amide bonds. The van der Waals surface area contributed by atoms with Crippen LogP contribution in [0.2, 0.25) is 0 Å². The number of hydrogen-bond acceptors (Lipinski definition) is 4. The first-order chi connectivity index (χ1) is 16.3. The minimum atomic E-state index is -0.744. The zero-order chi connectivity index (χ0) is 23.9. The molecule has 1 aliphatic heterocycles. The average molecular weight is 454 g/mol. The van der Waals surface area contributed by atoms with Gasteiger partial charge in [-0.25, -0.2) is 4.79 Å². The highest BCUT2D eigenvalue weighted by Gasteiger charge is 2.34. The second kappa shape index (κ2) is 8.37. The number of hydrogen-bond donors (Lipinski definition) is 1. The van der Waals surface area contributed by atoms with E-state index in [0.717, 1.165) is 33.7 Å². The third kappa shape index (κ3) is 4.15. The van der Waals surface area contributed by atoms with Gasteiger partial charge in [0.2, 0.25) is 5.79 Å². The van der Waals surface area contributed by atoms with Crippen LogP contribution in [0, 0.1) is 0 Å². The molecule has 172 valence electrons. The quantitative estimate of drug-likeness (QED) is 0.364. The van der Waals surface area contributed by atoms with Crippen molar-refractivity contribution in [3.05, 3.63) is 84.6 Å². The standard InChI is InChI=1S/C28H27N3O3/c1-18(2)22-15-21(16-24-26(22)34-28(3,4)33-24)29-27(32)31-17-23(19-11-7-5-8-12-19)25(30-31)20-13-9-6-10-14-20/h5-18H,1-4H3,(H,29,32). The minimum absolute atomic E-state index is 0.196. The van der Waals surface area contributed by atoms with Crippen LogP contribution in [0.15, 0.2) is 79.0 Å². The SMILES string of the molecule is CC(C)c1cc(NC(=O)n2cc(-c3ccccc3)c(-c3ccccc3)n2)cc2c1OC(C)(C)O2. The van der Waals surface area contributed by atoms with Crippen molar-refractivity contribution in [2.75, 3.05) is 5.32 Å². The van der Waals surface area contributed by atoms with Crippen LogP contribution in [0.1, 0.15) is 39.2 Å². The van der Waals surface area contributed by atoms with Gasteiger partial charge in [0.25, 0.3) is 0 Å². The van der Waals surface area contributed by atoms with E-state index < -0.39 is 5.79 Å². The Morgan fingerprint density at radius 2 is 1.59 bits per heavy atom. The van der Waals surface area contributed by atoms with Crippen LogP contribution >= 0.6 is 0 Å². The van der Waals surface area contributed by atoms with Crippen molar-refractivity contribution in [2.45, 2.75) is 39.4 Å². The monoisotopic (exact) mass is 453 g/mol. The summed E-state index contributed by atoms with van der Waals surface area (Å²) in [7, 11) is 0. The fourth-order valence-electron chi connectivity index (χ4n) is 4.14. The zero-order valence-corrected chi connectivity index (χ0v) is 19.7. The highest BCUT2D eigenvalue weighted by molar-refractivity contribution is 5.93. The predicted octanol–water partition coefficient (Wildman–Crippen LogP) is 6.93. The molecule has 1 N–H and O–H groups in total. The lowest BCUT2D eigenvalue weighted by Gasteiger charge is -2.17. The fourth-order valence-corrected chi connectivity index (χ4v) is 4.14. The van der Waals surface area contributed by atoms with Gasteiger partial charge in [-0.2, -0.15) is 9.78 Å². The van der Waals surface area contributed by atoms with E-state index in [9.17, 15) is 4.79 Å². The van der Waals surface area contributed by atoms with E-state index in [2.05, 4.69) is 24.3 Å². The van der Waals surface area contributed by atoms with Gasteiger partial charge in [-0.05, 0) is 17.5 Å². The topological polar surface area (TPSA) is 65.4 Å². The molecule has 1 aromatic heterocycles. The molecule has 0 saturated carbocycles. The lowest BCUT2D eigenvalue weighted by Crippen LogP contribution is -2.29. The number of fused-ring (bicyclic) bond motifs is 1. The minimum Gasteiger partial charge on any atom is -0.449 e. The first kappa shape index (κ1) is 21.8. The third-order valence-electron chi connectivity index (χ3n) is 5.71. The number of benzene rings is 3. The van der Waals surface area contributed by atoms with E-state index in [1.54, 1.807) is 12.3 Å². The average Bonchev–Trinajstić information content (AvgIpc) is 3.40. The van der Waals surface area contributed by atoms with Gasteiger partial charge in [-0.1, -0.05) is 74.5 Å². The van der Waals surface area contributed by atoms with E-state index in [1.807, 2.05) is 80.6 Å². The number of carbonyl (C=O) groups excluding carboxylic acids is 1. The van der Waals surface area contributed by atoms with Crippen molar-refractivity contribution in [1.82, 2.24) is 9.78 Å². The summed E-state index contributed by atoms with van der Waals surface area (Å²) in [4.78, 5) is 13.3. The summed E-state index contributed by atoms with van der Waals surface area (Å²) in [5.74, 6) is 0.810. The van der Waals surface area contributed by atoms with Gasteiger partial charge in [0, 0.05) is 48.5 Å². The second-order valence-electron chi connectivity index (χ2n) is 9.15. The lowest BCUT2D eigenvalue weighted by atomic mass is 10.0. The number of rotatable bonds is 4. The van der Waals surface area contributed by atoms with Gasteiger partial charge in [-0.3, -0.25) is 0 Å². The Balaban J connectivity index is 1.51. The van der Waals surface area contributed by atoms with Gasteiger partial charge in [0.15, 0.2) is 11.5 Å². The number of nitrogens with zero attached hydrogens (tertiary/aromatic N) is 2. The zero-order valence-electron chi connectivity index (χ0n) is 19.7. The summed E-state index contributed by atoms with van der Waals surface area (Å²) in [6, 6.07) is 23.2. The van der Waals surface area contributed by atoms with E-state index >= 15 is 0 Å². The molecule has 0 spiro atoms. The molecule has 5 rings (SSSR count). The number of aromatic nitrogens is 2. The molecule has 6 nitrogen and oxygen atoms in total. The van der Waals surface area contributed by atoms with Crippen LogP contribution in [-0.2, 0) is 0 Å². The van der Waals surface area contributed by atoms with Gasteiger partial charge in [0.05, 0.1) is 0 Å². The molecule has 4 aromatic rings. The largest absolute Gasteiger partial charge is 0.449 e. The maximum absolute atomic E-state index is 13.3. The molecule has 34 heavy (non-hydrogen) atoms. The number of amides is 1. The summed E-state index contributed by atoms with van der Waals surface area (Å²) in [5, 5.41) is 7.63. The highest BCUT2D eigenvalue weighted by atomic mass is 16.7. The Kier molecular flexibility index (Phi) is 5.36. The second-order valence-corrected chi connectivity index (χ2v) is 9.15. The van der Waals surface area contributed by atoms with E-state index in [-0.39, 0.29) is 11.9 Å². The smallest absolute Gasteiger partial charge is 0.346 e. The van der Waals surface area contributed by atoms with Crippen LogP contribution in [0.5, 0.6) is 11.5 Å². The number of carbonyl (C=O) groups is 1. The van der Waals surface area contributed by atoms with Crippen molar-refractivity contribution in [1.29, 1.82) is 0 Å². The first-order valence-electron chi connectivity index (χ1n) is 11.4. The van der Waals surface area contributed by atoms with Gasteiger partial charge in [-0.15, -0.1) is 0 Å². The van der Waals surface area contributed by atoms with Crippen LogP contribution < -0.4 is 14.8 Å². The van der Waals surface area contributed by atoms with Crippen molar-refractivity contribution in [2.24, 2.45) is 0 Å². The van der Waals surface area contributed by atoms with E-state index in [0.29, 0.717) is 11.4 Å². The van der Waals surface area contributed by atoms with E-state index in [1.165, 1.54) is 4.68 Å². The Hall–Kier alpha value is -4.06. The Labute approximate surface area is 199 Å². The number of ether oxygens (including phenoxy) is 2. The molecule has 3 aromatic carbocycles. The lowest BCUT2D eigenvalue weighted by molar-refractivity contribution is -0.0435. The normalized spacial score (nSPS) is 13.8. The molecule has 0 fully saturated rings. The summed E-state index contributed by atoms with van der Waals surface area (Å²) >= 11 is 0. The van der Waals surface area contributed by atoms with Gasteiger partial charge < -0.3 is 14.8 Å². The Bertz CT molecular complexity index is 1290.